The molecule has 6 nitrogen and oxygen atoms in total. The molecule has 0 aliphatic carbocycles. The van der Waals surface area contributed by atoms with Crippen molar-refractivity contribution in [2.75, 3.05) is 6.61 Å². The van der Waals surface area contributed by atoms with Crippen LogP contribution in [0.3, 0.4) is 0 Å². The molecular weight excluding hydrogens is 236 g/mol. The minimum absolute atomic E-state index is 0.0833. The lowest BCUT2D eigenvalue weighted by atomic mass is 10.2. The molecule has 0 atom stereocenters. The van der Waals surface area contributed by atoms with Crippen molar-refractivity contribution in [3.8, 4) is 0 Å². The highest BCUT2D eigenvalue weighted by molar-refractivity contribution is 6.60. The molecule has 0 unspecified atom stereocenters. The number of rotatable bonds is 5. The van der Waals surface area contributed by atoms with E-state index in [9.17, 15) is 9.59 Å². The van der Waals surface area contributed by atoms with Crippen LogP contribution in [0.1, 0.15) is 5.56 Å². The fourth-order valence-electron chi connectivity index (χ4n) is 1.12. The summed E-state index contributed by atoms with van der Waals surface area (Å²) in [5.41, 5.74) is 6.51. The lowest BCUT2D eigenvalue weighted by Gasteiger charge is -1.95. The summed E-state index contributed by atoms with van der Waals surface area (Å²) in [6.45, 7) is -0.0833. The topological polar surface area (TPSA) is 102 Å². The Morgan fingerprint density at radius 1 is 1.33 bits per heavy atom. The molecule has 0 saturated heterocycles. The molecule has 1 aromatic rings. The number of hydrogen-bond acceptors (Lipinski definition) is 4. The second kappa shape index (κ2) is 6.78. The van der Waals surface area contributed by atoms with Gasteiger partial charge in [-0.15, -0.1) is 0 Å². The number of ether oxygens (including phenoxy) is 1. The first kappa shape index (κ1) is 13.3. The number of carboxylic acids is 1. The van der Waals surface area contributed by atoms with E-state index in [1.165, 1.54) is 0 Å². The van der Waals surface area contributed by atoms with Crippen LogP contribution in [0, 0.1) is 5.53 Å². The Morgan fingerprint density at radius 2 is 2.00 bits per heavy atom. The summed E-state index contributed by atoms with van der Waals surface area (Å²) in [5.74, 6) is -2.71. The zero-order valence-corrected chi connectivity index (χ0v) is 9.37. The van der Waals surface area contributed by atoms with Crippen molar-refractivity contribution < 1.29 is 24.2 Å². The normalized spacial score (nSPS) is 9.78. The number of esters is 1. The Balaban J connectivity index is 2.48. The summed E-state index contributed by atoms with van der Waals surface area (Å²) >= 11 is 0. The summed E-state index contributed by atoms with van der Waals surface area (Å²) in [6.07, 6.45) is 3.29. The van der Waals surface area contributed by atoms with Gasteiger partial charge in [-0.25, -0.2) is 9.59 Å². The van der Waals surface area contributed by atoms with Crippen molar-refractivity contribution in [3.63, 3.8) is 0 Å². The van der Waals surface area contributed by atoms with Gasteiger partial charge in [0, 0.05) is 0 Å². The maximum absolute atomic E-state index is 11.1. The third kappa shape index (κ3) is 4.03. The minimum Gasteiger partial charge on any atom is -0.472 e. The summed E-state index contributed by atoms with van der Waals surface area (Å²) < 4.78 is 4.62. The largest absolute Gasteiger partial charge is 0.531 e. The Labute approximate surface area is 103 Å². The zero-order valence-electron chi connectivity index (χ0n) is 9.37. The Bertz CT molecular complexity index is 516. The van der Waals surface area contributed by atoms with Gasteiger partial charge in [0.1, 0.15) is 6.61 Å². The van der Waals surface area contributed by atoms with Gasteiger partial charge in [-0.05, 0) is 11.6 Å². The molecule has 0 aromatic heterocycles. The van der Waals surface area contributed by atoms with E-state index in [0.717, 1.165) is 5.56 Å². The number of nitrogens with one attached hydrogen (secondary N) is 1. The summed E-state index contributed by atoms with van der Waals surface area (Å²) in [7, 11) is 0. The quantitative estimate of drug-likeness (QED) is 0.266. The fraction of sp³-hybridized carbons (Fsp3) is 0.0833. The van der Waals surface area contributed by atoms with Crippen LogP contribution in [0.5, 0.6) is 0 Å². The number of aliphatic carboxylic acids is 1. The van der Waals surface area contributed by atoms with Gasteiger partial charge in [-0.2, -0.15) is 0 Å². The number of carbonyl (C=O) groups excluding carboxylic acids is 1. The number of carboxylic acid groups (broad SMARTS) is 1. The van der Waals surface area contributed by atoms with Crippen LogP contribution in [-0.2, 0) is 14.3 Å². The summed E-state index contributed by atoms with van der Waals surface area (Å²) in [5, 5.41) is 8.51. The molecule has 0 amide bonds. The molecule has 92 valence electrons. The Morgan fingerprint density at radius 3 is 2.56 bits per heavy atom. The van der Waals surface area contributed by atoms with E-state index in [0.29, 0.717) is 0 Å². The molecule has 0 radical (unpaired) electrons. The Hall–Kier alpha value is -2.72. The molecule has 0 heterocycles. The predicted molar refractivity (Wildman–Crippen MR) is 62.1 cm³/mol. The molecule has 18 heavy (non-hydrogen) atoms. The van der Waals surface area contributed by atoms with Crippen LogP contribution in [0.2, 0.25) is 0 Å². The molecule has 2 N–H and O–H groups in total. The molecule has 0 aliphatic rings. The predicted octanol–water partition coefficient (Wildman–Crippen LogP) is 1.01. The summed E-state index contributed by atoms with van der Waals surface area (Å²) in [6, 6.07) is 9.33. The number of nitrogens with zero attached hydrogens (tertiary/aromatic N) is 1. The van der Waals surface area contributed by atoms with Crippen molar-refractivity contribution in [2.24, 2.45) is 0 Å². The van der Waals surface area contributed by atoms with E-state index < -0.39 is 17.7 Å². The van der Waals surface area contributed by atoms with Gasteiger partial charge in [-0.1, -0.05) is 36.4 Å². The SMILES string of the molecule is N=[N+]=C(C(=O)O)C(=O)OCC=Cc1ccccc1. The van der Waals surface area contributed by atoms with E-state index in [4.69, 9.17) is 10.6 Å². The van der Waals surface area contributed by atoms with Gasteiger partial charge in [0.25, 0.3) is 0 Å². The van der Waals surface area contributed by atoms with E-state index in [1.54, 1.807) is 12.2 Å². The smallest absolute Gasteiger partial charge is 0.472 e. The lowest BCUT2D eigenvalue weighted by Crippen LogP contribution is -2.27. The monoisotopic (exact) mass is 247 g/mol. The van der Waals surface area contributed by atoms with Crippen LogP contribution in [0.25, 0.3) is 6.08 Å². The molecule has 6 heteroatoms. The first-order valence-corrected chi connectivity index (χ1v) is 5.01. The summed E-state index contributed by atoms with van der Waals surface area (Å²) in [4.78, 5) is 24.2. The molecule has 1 rings (SSSR count). The van der Waals surface area contributed by atoms with Gasteiger partial charge in [0.15, 0.2) is 0 Å². The highest BCUT2D eigenvalue weighted by Gasteiger charge is 2.33. The maximum Gasteiger partial charge on any atom is 0.531 e. The molecule has 0 bridgehead atoms. The minimum atomic E-state index is -1.58. The van der Waals surface area contributed by atoms with Gasteiger partial charge in [0.05, 0.1) is 10.3 Å². The molecule has 1 aromatic carbocycles. The lowest BCUT2D eigenvalue weighted by molar-refractivity contribution is -0.161. The van der Waals surface area contributed by atoms with Crippen molar-refractivity contribution in [3.05, 3.63) is 42.0 Å². The average Bonchev–Trinajstić information content (AvgIpc) is 2.36. The Kier molecular flexibility index (Phi) is 5.02. The molecule has 0 spiro atoms. The standard InChI is InChI=1S/C12H10N2O4/c13-14-10(11(15)16)12(17)18-8-4-7-9-5-2-1-3-6-9/h1-7,13H,8H2/p+1. The van der Waals surface area contributed by atoms with Crippen molar-refractivity contribution >= 4 is 23.7 Å². The highest BCUT2D eigenvalue weighted by Crippen LogP contribution is 2.00. The fourth-order valence-corrected chi connectivity index (χ4v) is 1.12. The van der Waals surface area contributed by atoms with Crippen LogP contribution >= 0.6 is 0 Å². The van der Waals surface area contributed by atoms with E-state index >= 15 is 0 Å². The third-order valence-electron chi connectivity index (χ3n) is 1.93. The molecule has 0 fully saturated rings. The van der Waals surface area contributed by atoms with Gasteiger partial charge < -0.3 is 9.84 Å². The van der Waals surface area contributed by atoms with Gasteiger partial charge in [-0.3, -0.25) is 0 Å². The van der Waals surface area contributed by atoms with Gasteiger partial charge in [0.2, 0.25) is 0 Å². The maximum atomic E-state index is 11.1. The van der Waals surface area contributed by atoms with Crippen molar-refractivity contribution in [1.29, 1.82) is 5.53 Å². The van der Waals surface area contributed by atoms with Crippen LogP contribution in [0.4, 0.5) is 0 Å². The van der Waals surface area contributed by atoms with Crippen molar-refractivity contribution in [1.82, 2.24) is 0 Å². The van der Waals surface area contributed by atoms with E-state index in [2.05, 4.69) is 9.53 Å². The number of benzene rings is 1. The second-order valence-electron chi connectivity index (χ2n) is 3.18. The van der Waals surface area contributed by atoms with Crippen LogP contribution in [0.15, 0.2) is 36.4 Å². The average molecular weight is 247 g/mol. The molecule has 0 aliphatic heterocycles. The van der Waals surface area contributed by atoms with E-state index in [-0.39, 0.29) is 6.61 Å². The van der Waals surface area contributed by atoms with Gasteiger partial charge >= 0.3 is 17.7 Å². The first-order chi connectivity index (χ1) is 8.65. The zero-order chi connectivity index (χ0) is 13.4. The third-order valence-corrected chi connectivity index (χ3v) is 1.93. The molecule has 0 saturated carbocycles. The van der Waals surface area contributed by atoms with E-state index in [1.807, 2.05) is 30.3 Å². The number of hydrogen-bond donors (Lipinski definition) is 2. The van der Waals surface area contributed by atoms with Crippen LogP contribution in [-0.4, -0.2) is 34.2 Å². The van der Waals surface area contributed by atoms with Crippen LogP contribution < -0.4 is 0 Å². The highest BCUT2D eigenvalue weighted by atomic mass is 16.5. The molecular formula is C12H11N2O4+. The first-order valence-electron chi connectivity index (χ1n) is 5.01. The van der Waals surface area contributed by atoms with Crippen molar-refractivity contribution in [2.45, 2.75) is 0 Å². The number of carbonyl (C=O) groups is 2. The second-order valence-corrected chi connectivity index (χ2v) is 3.18.